The highest BCUT2D eigenvalue weighted by molar-refractivity contribution is 7.22. The zero-order valence-corrected chi connectivity index (χ0v) is 19.2. The normalized spacial score (nSPS) is 15.9. The van der Waals surface area contributed by atoms with E-state index in [0.717, 1.165) is 35.5 Å². The first-order chi connectivity index (χ1) is 16.3. The van der Waals surface area contributed by atoms with Crippen LogP contribution in [0, 0.1) is 0 Å². The van der Waals surface area contributed by atoms with Crippen LogP contribution < -0.4 is 19.7 Å². The summed E-state index contributed by atoms with van der Waals surface area (Å²) in [4.78, 5) is 19.1. The summed E-state index contributed by atoms with van der Waals surface area (Å²) in [6.07, 6.45) is -2.54. The minimum atomic E-state index is -4.78. The van der Waals surface area contributed by atoms with Crippen molar-refractivity contribution in [2.45, 2.75) is 31.7 Å². The summed E-state index contributed by atoms with van der Waals surface area (Å²) in [7, 11) is 1.60. The van der Waals surface area contributed by atoms with Gasteiger partial charge < -0.3 is 19.5 Å². The Kier molecular flexibility index (Phi) is 7.42. The number of hydrogen-bond donors (Lipinski definition) is 1. The molecule has 0 radical (unpaired) electrons. The van der Waals surface area contributed by atoms with Crippen LogP contribution in [0.25, 0.3) is 10.2 Å². The summed E-state index contributed by atoms with van der Waals surface area (Å²) in [5.74, 6) is 0.431. The zero-order valence-electron chi connectivity index (χ0n) is 18.4. The Bertz CT molecular complexity index is 1110. The lowest BCUT2D eigenvalue weighted by Gasteiger charge is -2.23. The number of nitrogens with zero attached hydrogens (tertiary/aromatic N) is 2. The van der Waals surface area contributed by atoms with Gasteiger partial charge in [0.25, 0.3) is 0 Å². The van der Waals surface area contributed by atoms with Gasteiger partial charge in [-0.05, 0) is 49.1 Å². The summed E-state index contributed by atoms with van der Waals surface area (Å²) >= 11 is 1.13. The third kappa shape index (κ3) is 6.29. The van der Waals surface area contributed by atoms with Gasteiger partial charge in [-0.25, -0.2) is 9.78 Å². The molecule has 1 fully saturated rings. The molecule has 182 valence electrons. The van der Waals surface area contributed by atoms with E-state index < -0.39 is 6.36 Å². The molecule has 1 N–H and O–H groups in total. The van der Waals surface area contributed by atoms with Crippen molar-refractivity contribution in [3.05, 3.63) is 48.0 Å². The fourth-order valence-corrected chi connectivity index (χ4v) is 4.65. The van der Waals surface area contributed by atoms with Crippen LogP contribution in [0.15, 0.2) is 42.5 Å². The van der Waals surface area contributed by atoms with Crippen LogP contribution in [0.3, 0.4) is 0 Å². The number of carbonyl (C=O) groups excluding carboxylic acids is 1. The second-order valence-corrected chi connectivity index (χ2v) is 8.76. The third-order valence-electron chi connectivity index (χ3n) is 5.32. The number of hydrogen-bond acceptors (Lipinski definition) is 6. The van der Waals surface area contributed by atoms with E-state index in [9.17, 15) is 18.0 Å². The second-order valence-electron chi connectivity index (χ2n) is 7.75. The number of fused-ring (bicyclic) bond motifs is 1. The summed E-state index contributed by atoms with van der Waals surface area (Å²) in [6.45, 7) is 1.34. The molecule has 0 spiro atoms. The average Bonchev–Trinajstić information content (AvgIpc) is 3.46. The molecule has 1 aromatic heterocycles. The van der Waals surface area contributed by atoms with E-state index in [-0.39, 0.29) is 17.9 Å². The highest BCUT2D eigenvalue weighted by Gasteiger charge is 2.31. The minimum absolute atomic E-state index is 0.122. The number of rotatable bonds is 8. The van der Waals surface area contributed by atoms with E-state index in [2.05, 4.69) is 15.0 Å². The van der Waals surface area contributed by atoms with Crippen molar-refractivity contribution in [1.82, 2.24) is 10.3 Å². The van der Waals surface area contributed by atoms with Gasteiger partial charge in [0.2, 0.25) is 0 Å². The first kappa shape index (κ1) is 24.1. The number of halogens is 3. The molecular weight excluding hydrogens is 471 g/mol. The van der Waals surface area contributed by atoms with Crippen molar-refractivity contribution in [1.29, 1.82) is 0 Å². The predicted molar refractivity (Wildman–Crippen MR) is 123 cm³/mol. The van der Waals surface area contributed by atoms with Crippen LogP contribution in [0.1, 0.15) is 18.4 Å². The summed E-state index contributed by atoms with van der Waals surface area (Å²) in [5.41, 5.74) is 1.53. The van der Waals surface area contributed by atoms with E-state index in [4.69, 9.17) is 9.47 Å². The van der Waals surface area contributed by atoms with Crippen LogP contribution in [-0.4, -0.2) is 50.3 Å². The molecule has 34 heavy (non-hydrogen) atoms. The van der Waals surface area contributed by atoms with Gasteiger partial charge in [0, 0.05) is 19.2 Å². The number of carbonyl (C=O) groups is 1. The van der Waals surface area contributed by atoms with Crippen LogP contribution in [-0.2, 0) is 11.2 Å². The second kappa shape index (κ2) is 10.5. The van der Waals surface area contributed by atoms with Crippen LogP contribution in [0.2, 0.25) is 0 Å². The number of methoxy groups -OCH3 is 1. The number of amides is 2. The van der Waals surface area contributed by atoms with Gasteiger partial charge in [-0.2, -0.15) is 0 Å². The van der Waals surface area contributed by atoms with Gasteiger partial charge in [0.05, 0.1) is 30.0 Å². The Labute approximate surface area is 198 Å². The Balaban J connectivity index is 1.48. The molecule has 0 bridgehead atoms. The van der Waals surface area contributed by atoms with Crippen LogP contribution in [0.5, 0.6) is 11.5 Å². The fraction of sp³-hybridized carbons (Fsp3) is 0.391. The van der Waals surface area contributed by atoms with Crippen LogP contribution >= 0.6 is 11.3 Å². The smallest absolute Gasteiger partial charge is 0.497 e. The maximum absolute atomic E-state index is 13.1. The zero-order chi connectivity index (χ0) is 24.1. The van der Waals surface area contributed by atoms with E-state index in [1.54, 1.807) is 7.11 Å². The largest absolute Gasteiger partial charge is 0.573 e. The van der Waals surface area contributed by atoms with Gasteiger partial charge in [0.15, 0.2) is 5.13 Å². The van der Waals surface area contributed by atoms with E-state index in [0.29, 0.717) is 41.5 Å². The number of aromatic nitrogens is 1. The first-order valence-electron chi connectivity index (χ1n) is 10.8. The lowest BCUT2D eigenvalue weighted by Crippen LogP contribution is -2.44. The summed E-state index contributed by atoms with van der Waals surface area (Å²) < 4.78 is 53.1. The molecule has 2 amide bonds. The quantitative estimate of drug-likeness (QED) is 0.469. The Morgan fingerprint density at radius 3 is 2.68 bits per heavy atom. The number of thiazole rings is 1. The van der Waals surface area contributed by atoms with Crippen molar-refractivity contribution in [3.63, 3.8) is 0 Å². The van der Waals surface area contributed by atoms with E-state index in [1.165, 1.54) is 23.1 Å². The molecular formula is C23H24F3N3O4S. The Hall–Kier alpha value is -3.05. The number of nitrogens with one attached hydrogen (secondary N) is 1. The van der Waals surface area contributed by atoms with E-state index in [1.807, 2.05) is 24.3 Å². The van der Waals surface area contributed by atoms with Gasteiger partial charge in [-0.3, -0.25) is 4.90 Å². The van der Waals surface area contributed by atoms with E-state index >= 15 is 0 Å². The molecule has 2 heterocycles. The van der Waals surface area contributed by atoms with Crippen molar-refractivity contribution in [2.75, 3.05) is 31.7 Å². The maximum Gasteiger partial charge on any atom is 0.573 e. The highest BCUT2D eigenvalue weighted by Crippen LogP contribution is 2.34. The molecule has 0 saturated carbocycles. The molecule has 11 heteroatoms. The molecule has 4 rings (SSSR count). The Morgan fingerprint density at radius 1 is 1.24 bits per heavy atom. The third-order valence-corrected chi connectivity index (χ3v) is 6.36. The molecule has 1 aliphatic rings. The van der Waals surface area contributed by atoms with Crippen molar-refractivity contribution in [3.8, 4) is 11.5 Å². The maximum atomic E-state index is 13.1. The lowest BCUT2D eigenvalue weighted by molar-refractivity contribution is -0.274. The minimum Gasteiger partial charge on any atom is -0.497 e. The first-order valence-corrected chi connectivity index (χ1v) is 11.6. The molecule has 1 aliphatic heterocycles. The molecule has 3 aromatic rings. The SMILES string of the molecule is COc1ccc(CCNC(=O)N(CC2CCCO2)c2nc3ccc(OC(F)(F)F)cc3s2)cc1. The predicted octanol–water partition coefficient (Wildman–Crippen LogP) is 5.14. The number of benzene rings is 2. The summed E-state index contributed by atoms with van der Waals surface area (Å²) in [6, 6.07) is 11.2. The number of anilines is 1. The monoisotopic (exact) mass is 495 g/mol. The molecule has 7 nitrogen and oxygen atoms in total. The molecule has 2 aromatic carbocycles. The molecule has 1 saturated heterocycles. The molecule has 1 unspecified atom stereocenters. The number of ether oxygens (including phenoxy) is 3. The summed E-state index contributed by atoms with van der Waals surface area (Å²) in [5, 5.41) is 3.30. The molecule has 1 atom stereocenters. The van der Waals surface area contributed by atoms with Crippen molar-refractivity contribution >= 4 is 32.7 Å². The highest BCUT2D eigenvalue weighted by atomic mass is 32.1. The topological polar surface area (TPSA) is 72.9 Å². The standard InChI is InChI=1S/C23H24F3N3O4S/c1-31-16-6-4-15(5-7-16)10-11-27-21(30)29(14-18-3-2-12-32-18)22-28-19-9-8-17(13-20(19)34-22)33-23(24,25)26/h4-9,13,18H,2-3,10-12,14H2,1H3,(H,27,30). The van der Waals surface area contributed by atoms with Gasteiger partial charge in [0.1, 0.15) is 11.5 Å². The lowest BCUT2D eigenvalue weighted by atomic mass is 10.1. The van der Waals surface area contributed by atoms with Gasteiger partial charge >= 0.3 is 12.4 Å². The van der Waals surface area contributed by atoms with Gasteiger partial charge in [-0.1, -0.05) is 23.5 Å². The molecule has 0 aliphatic carbocycles. The number of urea groups is 1. The van der Waals surface area contributed by atoms with Crippen LogP contribution in [0.4, 0.5) is 23.1 Å². The average molecular weight is 496 g/mol. The van der Waals surface area contributed by atoms with Gasteiger partial charge in [-0.15, -0.1) is 13.2 Å². The number of alkyl halides is 3. The fourth-order valence-electron chi connectivity index (χ4n) is 3.65. The van der Waals surface area contributed by atoms with Crippen molar-refractivity contribution in [2.24, 2.45) is 0 Å². The van der Waals surface area contributed by atoms with Crippen molar-refractivity contribution < 1.29 is 32.2 Å². The Morgan fingerprint density at radius 2 is 2.00 bits per heavy atom.